The maximum absolute atomic E-state index is 2.31. The SMILES string of the molecule is CCCCP(CCCC)CCCC.CCCCP(CCCC)CCCC.[Ru]. The van der Waals surface area contributed by atoms with E-state index in [0.717, 1.165) is 0 Å². The van der Waals surface area contributed by atoms with Gasteiger partial charge in [-0.25, -0.2) is 0 Å². The second-order valence-electron chi connectivity index (χ2n) is 7.80. The largest absolute Gasteiger partial charge is 0.107 e. The van der Waals surface area contributed by atoms with Gasteiger partial charge in [-0.2, -0.15) is 0 Å². The molecule has 168 valence electrons. The molecule has 0 N–H and O–H groups in total. The average molecular weight is 506 g/mol. The topological polar surface area (TPSA) is 0 Å². The van der Waals surface area contributed by atoms with Crippen LogP contribution < -0.4 is 0 Å². The first-order valence-electron chi connectivity index (χ1n) is 12.1. The fraction of sp³-hybridized carbons (Fsp3) is 1.00. The molecule has 0 aromatic rings. The summed E-state index contributed by atoms with van der Waals surface area (Å²) in [7, 11) is 0.843. The molecule has 0 aliphatic heterocycles. The Kier molecular flexibility index (Phi) is 36.4. The van der Waals surface area contributed by atoms with Crippen LogP contribution in [0.1, 0.15) is 119 Å². The summed E-state index contributed by atoms with van der Waals surface area (Å²) in [4.78, 5) is 0. The van der Waals surface area contributed by atoms with E-state index in [-0.39, 0.29) is 19.5 Å². The van der Waals surface area contributed by atoms with Gasteiger partial charge >= 0.3 is 0 Å². The summed E-state index contributed by atoms with van der Waals surface area (Å²) in [5.41, 5.74) is 0. The maximum atomic E-state index is 2.31. The molecule has 3 heteroatoms. The van der Waals surface area contributed by atoms with Crippen LogP contribution in [0.25, 0.3) is 0 Å². The maximum Gasteiger partial charge on any atom is 0 e. The third-order valence-electron chi connectivity index (χ3n) is 4.97. The van der Waals surface area contributed by atoms with Gasteiger partial charge in [0.2, 0.25) is 0 Å². The van der Waals surface area contributed by atoms with Crippen molar-refractivity contribution in [3.05, 3.63) is 0 Å². The molecule has 0 amide bonds. The Balaban J connectivity index is -0.000000411. The Morgan fingerprint density at radius 1 is 0.333 bits per heavy atom. The minimum absolute atomic E-state index is 0. The summed E-state index contributed by atoms with van der Waals surface area (Å²) >= 11 is 0. The Morgan fingerprint density at radius 2 is 0.481 bits per heavy atom. The van der Waals surface area contributed by atoms with Gasteiger partial charge in [-0.3, -0.25) is 0 Å². The van der Waals surface area contributed by atoms with E-state index in [9.17, 15) is 0 Å². The molecule has 0 aliphatic rings. The Labute approximate surface area is 190 Å². The molecule has 0 fully saturated rings. The van der Waals surface area contributed by atoms with E-state index in [1.54, 1.807) is 37.0 Å². The van der Waals surface area contributed by atoms with Crippen LogP contribution in [0.5, 0.6) is 0 Å². The Morgan fingerprint density at radius 3 is 0.593 bits per heavy atom. The van der Waals surface area contributed by atoms with Gasteiger partial charge in [-0.1, -0.05) is 80.1 Å². The third-order valence-corrected chi connectivity index (χ3v) is 10.7. The predicted octanol–water partition coefficient (Wildman–Crippen LogP) is 9.73. The minimum atomic E-state index is 0. The fourth-order valence-electron chi connectivity index (χ4n) is 2.96. The number of rotatable bonds is 18. The monoisotopic (exact) mass is 506 g/mol. The van der Waals surface area contributed by atoms with Crippen LogP contribution in [0.3, 0.4) is 0 Å². The summed E-state index contributed by atoms with van der Waals surface area (Å²) in [5, 5.41) is 0. The summed E-state index contributed by atoms with van der Waals surface area (Å²) in [5.74, 6) is 0. The van der Waals surface area contributed by atoms with Crippen molar-refractivity contribution < 1.29 is 19.5 Å². The van der Waals surface area contributed by atoms with Crippen molar-refractivity contribution in [1.29, 1.82) is 0 Å². The molecule has 0 saturated carbocycles. The van der Waals surface area contributed by atoms with Gasteiger partial charge in [0.05, 0.1) is 0 Å². The summed E-state index contributed by atoms with van der Waals surface area (Å²) in [6, 6.07) is 0. The Hall–Kier alpha value is 1.48. The van der Waals surface area contributed by atoms with Gasteiger partial charge in [0, 0.05) is 19.5 Å². The molecule has 0 atom stereocenters. The van der Waals surface area contributed by atoms with Gasteiger partial charge in [-0.15, -0.1) is 15.8 Å². The average Bonchev–Trinajstić information content (AvgIpc) is 2.67. The molecule has 0 radical (unpaired) electrons. The molecule has 0 aromatic carbocycles. The van der Waals surface area contributed by atoms with Gasteiger partial charge < -0.3 is 0 Å². The molecule has 0 saturated heterocycles. The van der Waals surface area contributed by atoms with E-state index in [1.807, 2.05) is 0 Å². The molecule has 0 unspecified atom stereocenters. The summed E-state index contributed by atoms with van der Waals surface area (Å²) < 4.78 is 0. The smallest absolute Gasteiger partial charge is 0 e. The van der Waals surface area contributed by atoms with Gasteiger partial charge in [0.15, 0.2) is 0 Å². The van der Waals surface area contributed by atoms with Gasteiger partial charge in [-0.05, 0) is 75.5 Å². The number of hydrogen-bond donors (Lipinski definition) is 0. The molecule has 27 heavy (non-hydrogen) atoms. The van der Waals surface area contributed by atoms with Crippen LogP contribution in [-0.4, -0.2) is 37.0 Å². The van der Waals surface area contributed by atoms with Crippen LogP contribution in [0.2, 0.25) is 0 Å². The van der Waals surface area contributed by atoms with Crippen LogP contribution in [0.4, 0.5) is 0 Å². The molecule has 0 aromatic heterocycles. The van der Waals surface area contributed by atoms with E-state index >= 15 is 0 Å². The van der Waals surface area contributed by atoms with Crippen molar-refractivity contribution in [3.63, 3.8) is 0 Å². The van der Waals surface area contributed by atoms with Crippen LogP contribution in [0, 0.1) is 0 Å². The van der Waals surface area contributed by atoms with E-state index in [2.05, 4.69) is 41.5 Å². The second-order valence-corrected chi connectivity index (χ2v) is 13.2. The van der Waals surface area contributed by atoms with Crippen molar-refractivity contribution in [2.75, 3.05) is 37.0 Å². The summed E-state index contributed by atoms with van der Waals surface area (Å²) in [6.45, 7) is 13.9. The summed E-state index contributed by atoms with van der Waals surface area (Å²) in [6.07, 6.45) is 26.4. The third kappa shape index (κ3) is 27.5. The molecular formula is C24H54P2Ru. The first-order chi connectivity index (χ1) is 12.7. The number of hydrogen-bond acceptors (Lipinski definition) is 0. The van der Waals surface area contributed by atoms with Crippen molar-refractivity contribution in [2.24, 2.45) is 0 Å². The van der Waals surface area contributed by atoms with Crippen molar-refractivity contribution in [1.82, 2.24) is 0 Å². The first kappa shape index (κ1) is 33.1. The molecule has 0 nitrogen and oxygen atoms in total. The molecule has 0 bridgehead atoms. The first-order valence-corrected chi connectivity index (χ1v) is 15.9. The fourth-order valence-corrected chi connectivity index (χ4v) is 8.88. The van der Waals surface area contributed by atoms with Crippen LogP contribution >= 0.6 is 15.8 Å². The van der Waals surface area contributed by atoms with Crippen LogP contribution in [-0.2, 0) is 19.5 Å². The number of unbranched alkanes of at least 4 members (excludes halogenated alkanes) is 6. The van der Waals surface area contributed by atoms with Gasteiger partial charge in [0.25, 0.3) is 0 Å². The molecule has 0 rings (SSSR count). The van der Waals surface area contributed by atoms with Crippen LogP contribution in [0.15, 0.2) is 0 Å². The normalized spacial score (nSPS) is 10.7. The standard InChI is InChI=1S/2C12H27P.Ru/c2*1-4-7-10-13(11-8-5-2)12-9-6-3;/h2*4-12H2,1-3H3;. The quantitative estimate of drug-likeness (QED) is 0.128. The van der Waals surface area contributed by atoms with Crippen molar-refractivity contribution in [3.8, 4) is 0 Å². The minimum Gasteiger partial charge on any atom is -0.107 e. The van der Waals surface area contributed by atoms with E-state index < -0.39 is 0 Å². The zero-order valence-electron chi connectivity index (χ0n) is 20.0. The predicted molar refractivity (Wildman–Crippen MR) is 132 cm³/mol. The zero-order chi connectivity index (χ0) is 19.9. The van der Waals surface area contributed by atoms with Crippen molar-refractivity contribution >= 4 is 15.8 Å². The molecule has 0 aliphatic carbocycles. The Bertz CT molecular complexity index is 174. The molecular weight excluding hydrogens is 451 g/mol. The van der Waals surface area contributed by atoms with Crippen molar-refractivity contribution in [2.45, 2.75) is 119 Å². The molecule has 0 heterocycles. The second kappa shape index (κ2) is 29.7. The zero-order valence-corrected chi connectivity index (χ0v) is 23.5. The van der Waals surface area contributed by atoms with E-state index in [0.29, 0.717) is 15.8 Å². The van der Waals surface area contributed by atoms with E-state index in [1.165, 1.54) is 77.0 Å². The van der Waals surface area contributed by atoms with E-state index in [4.69, 9.17) is 0 Å². The molecule has 0 spiro atoms. The van der Waals surface area contributed by atoms with Gasteiger partial charge in [0.1, 0.15) is 0 Å².